The molecule has 0 bridgehead atoms. The second kappa shape index (κ2) is 5.41. The third kappa shape index (κ3) is 3.69. The van der Waals surface area contributed by atoms with E-state index in [4.69, 9.17) is 0 Å². The third-order valence-electron chi connectivity index (χ3n) is 4.16. The van der Waals surface area contributed by atoms with Crippen LogP contribution in [0.15, 0.2) is 0 Å². The maximum atomic E-state index is 12.5. The zero-order chi connectivity index (χ0) is 14.1. The van der Waals surface area contributed by atoms with Crippen molar-refractivity contribution in [3.63, 3.8) is 0 Å². The highest BCUT2D eigenvalue weighted by molar-refractivity contribution is 5.86. The van der Waals surface area contributed by atoms with Gasteiger partial charge in [-0.25, -0.2) is 0 Å². The SMILES string of the molecule is CC(C)(C)CN1CCC[C@](O)(CNC2CCC2)C1=O. The van der Waals surface area contributed by atoms with Gasteiger partial charge in [-0.05, 0) is 31.1 Å². The number of piperidine rings is 1. The van der Waals surface area contributed by atoms with E-state index in [2.05, 4.69) is 26.1 Å². The largest absolute Gasteiger partial charge is 0.379 e. The standard InChI is InChI=1S/C15H28N2O2/c1-14(2,3)11-17-9-5-8-15(19,13(17)18)10-16-12-6-4-7-12/h12,16,19H,4-11H2,1-3H3/t15-/m0/s1. The second-order valence-electron chi connectivity index (χ2n) is 7.43. The first-order valence-corrected chi connectivity index (χ1v) is 7.55. The molecule has 1 aliphatic carbocycles. The Morgan fingerprint density at radius 2 is 2.05 bits per heavy atom. The lowest BCUT2D eigenvalue weighted by molar-refractivity contribution is -0.158. The molecule has 4 nitrogen and oxygen atoms in total. The smallest absolute Gasteiger partial charge is 0.255 e. The predicted octanol–water partition coefficient (Wildman–Crippen LogP) is 1.53. The molecule has 2 rings (SSSR count). The van der Waals surface area contributed by atoms with Crippen LogP contribution in [-0.4, -0.2) is 47.2 Å². The Labute approximate surface area is 116 Å². The Morgan fingerprint density at radius 1 is 1.37 bits per heavy atom. The van der Waals surface area contributed by atoms with Crippen LogP contribution in [0.5, 0.6) is 0 Å². The summed E-state index contributed by atoms with van der Waals surface area (Å²) in [6.07, 6.45) is 5.10. The van der Waals surface area contributed by atoms with Gasteiger partial charge in [-0.3, -0.25) is 4.79 Å². The van der Waals surface area contributed by atoms with E-state index in [0.717, 1.165) is 19.5 Å². The summed E-state index contributed by atoms with van der Waals surface area (Å²) in [6.45, 7) is 8.29. The number of nitrogens with one attached hydrogen (secondary N) is 1. The van der Waals surface area contributed by atoms with Crippen molar-refractivity contribution in [3.05, 3.63) is 0 Å². The van der Waals surface area contributed by atoms with Crippen molar-refractivity contribution in [1.29, 1.82) is 0 Å². The minimum absolute atomic E-state index is 0.0787. The minimum Gasteiger partial charge on any atom is -0.379 e. The van der Waals surface area contributed by atoms with Gasteiger partial charge in [-0.15, -0.1) is 0 Å². The molecule has 0 unspecified atom stereocenters. The fourth-order valence-electron chi connectivity index (χ4n) is 2.88. The summed E-state index contributed by atoms with van der Waals surface area (Å²) < 4.78 is 0. The lowest BCUT2D eigenvalue weighted by atomic mass is 9.87. The van der Waals surface area contributed by atoms with Crippen LogP contribution in [0.25, 0.3) is 0 Å². The van der Waals surface area contributed by atoms with Crippen LogP contribution in [0.3, 0.4) is 0 Å². The molecule has 0 spiro atoms. The van der Waals surface area contributed by atoms with E-state index in [-0.39, 0.29) is 11.3 Å². The zero-order valence-electron chi connectivity index (χ0n) is 12.5. The quantitative estimate of drug-likeness (QED) is 0.813. The summed E-state index contributed by atoms with van der Waals surface area (Å²) in [5.41, 5.74) is -1.10. The van der Waals surface area contributed by atoms with Crippen molar-refractivity contribution in [1.82, 2.24) is 10.2 Å². The van der Waals surface area contributed by atoms with Crippen molar-refractivity contribution in [3.8, 4) is 0 Å². The first-order chi connectivity index (χ1) is 8.80. The number of nitrogens with zero attached hydrogens (tertiary/aromatic N) is 1. The van der Waals surface area contributed by atoms with Gasteiger partial charge in [-0.1, -0.05) is 27.2 Å². The Hall–Kier alpha value is -0.610. The van der Waals surface area contributed by atoms with E-state index in [0.29, 0.717) is 19.0 Å². The van der Waals surface area contributed by atoms with Gasteiger partial charge < -0.3 is 15.3 Å². The molecule has 1 amide bonds. The molecule has 0 radical (unpaired) electrons. The molecule has 1 aliphatic heterocycles. The summed E-state index contributed by atoms with van der Waals surface area (Å²) in [7, 11) is 0. The Bertz CT molecular complexity index is 334. The highest BCUT2D eigenvalue weighted by Gasteiger charge is 2.43. The lowest BCUT2D eigenvalue weighted by Gasteiger charge is -2.42. The van der Waals surface area contributed by atoms with Crippen LogP contribution in [0.2, 0.25) is 0 Å². The molecule has 4 heteroatoms. The van der Waals surface area contributed by atoms with E-state index in [9.17, 15) is 9.90 Å². The van der Waals surface area contributed by atoms with Gasteiger partial charge in [-0.2, -0.15) is 0 Å². The lowest BCUT2D eigenvalue weighted by Crippen LogP contribution is -2.60. The average molecular weight is 268 g/mol. The van der Waals surface area contributed by atoms with Gasteiger partial charge in [0.25, 0.3) is 5.91 Å². The van der Waals surface area contributed by atoms with Crippen LogP contribution in [0, 0.1) is 5.41 Å². The van der Waals surface area contributed by atoms with Crippen molar-refractivity contribution >= 4 is 5.91 Å². The van der Waals surface area contributed by atoms with Crippen LogP contribution in [0.1, 0.15) is 52.9 Å². The second-order valence-corrected chi connectivity index (χ2v) is 7.43. The maximum absolute atomic E-state index is 12.5. The first kappa shape index (κ1) is 14.8. The number of hydrogen-bond donors (Lipinski definition) is 2. The van der Waals surface area contributed by atoms with E-state index in [1.807, 2.05) is 4.90 Å². The molecule has 1 saturated carbocycles. The van der Waals surface area contributed by atoms with E-state index < -0.39 is 5.60 Å². The van der Waals surface area contributed by atoms with Crippen molar-refractivity contribution in [2.75, 3.05) is 19.6 Å². The number of likely N-dealkylation sites (tertiary alicyclic amines) is 1. The highest BCUT2D eigenvalue weighted by atomic mass is 16.3. The van der Waals surface area contributed by atoms with Crippen LogP contribution in [-0.2, 0) is 4.79 Å². The summed E-state index contributed by atoms with van der Waals surface area (Å²) in [6, 6.07) is 0.509. The number of rotatable bonds is 4. The summed E-state index contributed by atoms with van der Waals surface area (Å²) in [5, 5.41) is 14.0. The highest BCUT2D eigenvalue weighted by Crippen LogP contribution is 2.27. The number of aliphatic hydroxyl groups is 1. The van der Waals surface area contributed by atoms with Crippen molar-refractivity contribution in [2.24, 2.45) is 5.41 Å². The fraction of sp³-hybridized carbons (Fsp3) is 0.933. The topological polar surface area (TPSA) is 52.6 Å². The maximum Gasteiger partial charge on any atom is 0.255 e. The molecule has 1 atom stereocenters. The van der Waals surface area contributed by atoms with Gasteiger partial charge in [0.2, 0.25) is 0 Å². The summed E-state index contributed by atoms with van der Waals surface area (Å²) in [4.78, 5) is 14.3. The molecule has 0 aromatic carbocycles. The number of carbonyl (C=O) groups excluding carboxylic acids is 1. The van der Waals surface area contributed by atoms with Crippen LogP contribution < -0.4 is 5.32 Å². The van der Waals surface area contributed by atoms with Gasteiger partial charge in [0.05, 0.1) is 0 Å². The van der Waals surface area contributed by atoms with Gasteiger partial charge in [0.1, 0.15) is 0 Å². The third-order valence-corrected chi connectivity index (χ3v) is 4.16. The van der Waals surface area contributed by atoms with E-state index in [1.165, 1.54) is 19.3 Å². The molecular formula is C15H28N2O2. The fourth-order valence-corrected chi connectivity index (χ4v) is 2.88. The molecule has 2 fully saturated rings. The average Bonchev–Trinajstić information content (AvgIpc) is 2.21. The number of carbonyl (C=O) groups is 1. The number of amides is 1. The number of hydrogen-bond acceptors (Lipinski definition) is 3. The normalized spacial score (nSPS) is 29.5. The molecule has 2 N–H and O–H groups in total. The zero-order valence-corrected chi connectivity index (χ0v) is 12.5. The van der Waals surface area contributed by atoms with Gasteiger partial charge in [0, 0.05) is 25.7 Å². The Balaban J connectivity index is 1.93. The van der Waals surface area contributed by atoms with E-state index in [1.54, 1.807) is 0 Å². The predicted molar refractivity (Wildman–Crippen MR) is 75.9 cm³/mol. The Kier molecular flexibility index (Phi) is 4.21. The van der Waals surface area contributed by atoms with E-state index >= 15 is 0 Å². The summed E-state index contributed by atoms with van der Waals surface area (Å²) >= 11 is 0. The molecule has 0 aromatic heterocycles. The summed E-state index contributed by atoms with van der Waals surface area (Å²) in [5.74, 6) is -0.0829. The molecule has 1 saturated heterocycles. The Morgan fingerprint density at radius 3 is 2.58 bits per heavy atom. The molecule has 110 valence electrons. The minimum atomic E-state index is -1.18. The van der Waals surface area contributed by atoms with Gasteiger partial charge >= 0.3 is 0 Å². The molecule has 2 aliphatic rings. The van der Waals surface area contributed by atoms with Crippen LogP contribution >= 0.6 is 0 Å². The molecular weight excluding hydrogens is 240 g/mol. The molecule has 0 aromatic rings. The van der Waals surface area contributed by atoms with Gasteiger partial charge in [0.15, 0.2) is 5.60 Å². The van der Waals surface area contributed by atoms with Crippen molar-refractivity contribution in [2.45, 2.75) is 64.5 Å². The monoisotopic (exact) mass is 268 g/mol. The van der Waals surface area contributed by atoms with Crippen LogP contribution in [0.4, 0.5) is 0 Å². The van der Waals surface area contributed by atoms with Crippen molar-refractivity contribution < 1.29 is 9.90 Å². The first-order valence-electron chi connectivity index (χ1n) is 7.55. The molecule has 19 heavy (non-hydrogen) atoms. The molecule has 1 heterocycles.